The van der Waals surface area contributed by atoms with Gasteiger partial charge in [-0.15, -0.1) is 0 Å². The molecule has 0 radical (unpaired) electrons. The standard InChI is InChI=1S/C23H26N4O3/c28-21(24-13-16-14-26-11-5-4-8-20(26)25-16)15-9-10-18-19(12-15)23(30)27(22(18)29)17-6-2-1-3-7-17/h9-10,12,14,17H,1-8,11,13H2,(H,24,28). The number of nitrogens with zero attached hydrogens (tertiary/aromatic N) is 3. The highest BCUT2D eigenvalue weighted by Gasteiger charge is 2.40. The molecular weight excluding hydrogens is 380 g/mol. The minimum Gasteiger partial charge on any atom is -0.346 e. The van der Waals surface area contributed by atoms with E-state index in [1.807, 2.05) is 6.20 Å². The molecule has 7 nitrogen and oxygen atoms in total. The minimum absolute atomic E-state index is 0.0182. The number of hydrogen-bond donors (Lipinski definition) is 1. The van der Waals surface area contributed by atoms with Crippen molar-refractivity contribution in [1.29, 1.82) is 0 Å². The Balaban J connectivity index is 1.29. The third-order valence-corrected chi connectivity index (χ3v) is 6.51. The van der Waals surface area contributed by atoms with Gasteiger partial charge < -0.3 is 9.88 Å². The number of amides is 3. The van der Waals surface area contributed by atoms with Crippen LogP contribution in [0, 0.1) is 0 Å². The van der Waals surface area contributed by atoms with Gasteiger partial charge >= 0.3 is 0 Å². The highest BCUT2D eigenvalue weighted by Crippen LogP contribution is 2.31. The summed E-state index contributed by atoms with van der Waals surface area (Å²) in [4.78, 5) is 44.4. The molecule has 1 N–H and O–H groups in total. The first-order valence-electron chi connectivity index (χ1n) is 11.0. The molecule has 2 aliphatic heterocycles. The van der Waals surface area contributed by atoms with Crippen LogP contribution >= 0.6 is 0 Å². The van der Waals surface area contributed by atoms with Crippen molar-refractivity contribution in [2.24, 2.45) is 0 Å². The number of imidazole rings is 1. The molecule has 2 aromatic rings. The Morgan fingerprint density at radius 1 is 1.03 bits per heavy atom. The van der Waals surface area contributed by atoms with Crippen LogP contribution in [0.1, 0.15) is 87.5 Å². The van der Waals surface area contributed by atoms with Crippen molar-refractivity contribution in [2.45, 2.75) is 70.5 Å². The fraction of sp³-hybridized carbons (Fsp3) is 0.478. The lowest BCUT2D eigenvalue weighted by atomic mass is 9.94. The van der Waals surface area contributed by atoms with E-state index >= 15 is 0 Å². The van der Waals surface area contributed by atoms with Gasteiger partial charge in [0.2, 0.25) is 0 Å². The average Bonchev–Trinajstić information content (AvgIpc) is 3.31. The molecule has 3 aliphatic rings. The molecule has 1 aromatic heterocycles. The van der Waals surface area contributed by atoms with E-state index in [-0.39, 0.29) is 23.8 Å². The summed E-state index contributed by atoms with van der Waals surface area (Å²) >= 11 is 0. The zero-order chi connectivity index (χ0) is 20.7. The van der Waals surface area contributed by atoms with Crippen LogP contribution in [-0.2, 0) is 19.5 Å². The van der Waals surface area contributed by atoms with Crippen molar-refractivity contribution in [2.75, 3.05) is 0 Å². The number of hydrogen-bond acceptors (Lipinski definition) is 4. The summed E-state index contributed by atoms with van der Waals surface area (Å²) in [6.07, 6.45) is 10.3. The molecule has 3 amide bonds. The lowest BCUT2D eigenvalue weighted by Gasteiger charge is -2.29. The van der Waals surface area contributed by atoms with Crippen molar-refractivity contribution in [3.8, 4) is 0 Å². The van der Waals surface area contributed by atoms with E-state index in [2.05, 4.69) is 14.9 Å². The van der Waals surface area contributed by atoms with Crippen LogP contribution in [0.5, 0.6) is 0 Å². The van der Waals surface area contributed by atoms with Crippen molar-refractivity contribution in [3.63, 3.8) is 0 Å². The van der Waals surface area contributed by atoms with Crippen molar-refractivity contribution < 1.29 is 14.4 Å². The Kier molecular flexibility index (Phi) is 4.89. The molecule has 0 unspecified atom stereocenters. The number of nitrogens with one attached hydrogen (secondary N) is 1. The lowest BCUT2D eigenvalue weighted by Crippen LogP contribution is -2.40. The number of rotatable bonds is 4. The summed E-state index contributed by atoms with van der Waals surface area (Å²) in [6.45, 7) is 1.33. The van der Waals surface area contributed by atoms with E-state index in [9.17, 15) is 14.4 Å². The van der Waals surface area contributed by atoms with Gasteiger partial charge in [-0.2, -0.15) is 0 Å². The quantitative estimate of drug-likeness (QED) is 0.791. The summed E-state index contributed by atoms with van der Waals surface area (Å²) in [5.41, 5.74) is 1.99. The topological polar surface area (TPSA) is 84.3 Å². The monoisotopic (exact) mass is 406 g/mol. The first-order chi connectivity index (χ1) is 14.6. The Labute approximate surface area is 175 Å². The second-order valence-electron chi connectivity index (χ2n) is 8.51. The highest BCUT2D eigenvalue weighted by molar-refractivity contribution is 6.22. The van der Waals surface area contributed by atoms with Gasteiger partial charge in [-0.25, -0.2) is 4.98 Å². The maximum Gasteiger partial charge on any atom is 0.261 e. The van der Waals surface area contributed by atoms with Gasteiger partial charge in [-0.1, -0.05) is 19.3 Å². The molecule has 1 aliphatic carbocycles. The molecule has 7 heteroatoms. The Hall–Kier alpha value is -2.96. The van der Waals surface area contributed by atoms with E-state index in [0.29, 0.717) is 23.2 Å². The van der Waals surface area contributed by atoms with Gasteiger partial charge in [0.25, 0.3) is 17.7 Å². The Morgan fingerprint density at radius 2 is 1.83 bits per heavy atom. The van der Waals surface area contributed by atoms with Crippen LogP contribution in [0.4, 0.5) is 0 Å². The molecule has 1 fully saturated rings. The molecule has 0 spiro atoms. The largest absolute Gasteiger partial charge is 0.346 e. The second-order valence-corrected chi connectivity index (χ2v) is 8.51. The molecule has 156 valence electrons. The zero-order valence-corrected chi connectivity index (χ0v) is 17.0. The van der Waals surface area contributed by atoms with Crippen LogP contribution in [0.3, 0.4) is 0 Å². The third-order valence-electron chi connectivity index (χ3n) is 6.51. The SMILES string of the molecule is O=C(NCc1cn2c(n1)CCCC2)c1ccc2c(c1)C(=O)N(C1CCCCC1)C2=O. The number of aryl methyl sites for hydroxylation is 2. The van der Waals surface area contributed by atoms with Gasteiger partial charge in [-0.3, -0.25) is 19.3 Å². The Morgan fingerprint density at radius 3 is 2.63 bits per heavy atom. The lowest BCUT2D eigenvalue weighted by molar-refractivity contribution is 0.0549. The molecule has 0 saturated heterocycles. The number of benzene rings is 1. The van der Waals surface area contributed by atoms with E-state index in [1.54, 1.807) is 18.2 Å². The van der Waals surface area contributed by atoms with Gasteiger partial charge in [0.15, 0.2) is 0 Å². The van der Waals surface area contributed by atoms with Gasteiger partial charge in [0, 0.05) is 30.8 Å². The summed E-state index contributed by atoms with van der Waals surface area (Å²) in [7, 11) is 0. The normalized spacial score (nSPS) is 19.0. The third kappa shape index (κ3) is 3.32. The van der Waals surface area contributed by atoms with Crippen molar-refractivity contribution in [3.05, 3.63) is 52.6 Å². The van der Waals surface area contributed by atoms with Crippen molar-refractivity contribution >= 4 is 17.7 Å². The number of imide groups is 1. The van der Waals surface area contributed by atoms with E-state index < -0.39 is 0 Å². The molecule has 0 atom stereocenters. The van der Waals surface area contributed by atoms with E-state index in [0.717, 1.165) is 69.4 Å². The first-order valence-corrected chi connectivity index (χ1v) is 11.0. The van der Waals surface area contributed by atoms with Gasteiger partial charge in [0.05, 0.1) is 23.4 Å². The summed E-state index contributed by atoms with van der Waals surface area (Å²) in [5.74, 6) is 0.325. The summed E-state index contributed by atoms with van der Waals surface area (Å²) in [5, 5.41) is 2.89. The second kappa shape index (κ2) is 7.70. The average molecular weight is 406 g/mol. The fourth-order valence-corrected chi connectivity index (χ4v) is 4.90. The maximum absolute atomic E-state index is 12.9. The van der Waals surface area contributed by atoms with Crippen LogP contribution in [-0.4, -0.2) is 38.2 Å². The molecule has 5 rings (SSSR count). The Bertz CT molecular complexity index is 996. The number of aromatic nitrogens is 2. The van der Waals surface area contributed by atoms with Crippen molar-refractivity contribution in [1.82, 2.24) is 19.8 Å². The fourth-order valence-electron chi connectivity index (χ4n) is 4.90. The molecule has 0 bridgehead atoms. The highest BCUT2D eigenvalue weighted by atomic mass is 16.2. The summed E-state index contributed by atoms with van der Waals surface area (Å²) < 4.78 is 2.16. The molecule has 3 heterocycles. The zero-order valence-electron chi connectivity index (χ0n) is 17.0. The van der Waals surface area contributed by atoms with Crippen LogP contribution in [0.25, 0.3) is 0 Å². The maximum atomic E-state index is 12.9. The molecular formula is C23H26N4O3. The first kappa shape index (κ1) is 19.0. The van der Waals surface area contributed by atoms with Crippen LogP contribution < -0.4 is 5.32 Å². The van der Waals surface area contributed by atoms with Gasteiger partial charge in [-0.05, 0) is 43.9 Å². The van der Waals surface area contributed by atoms with Gasteiger partial charge in [0.1, 0.15) is 5.82 Å². The molecule has 1 aromatic carbocycles. The van der Waals surface area contributed by atoms with Crippen LogP contribution in [0.15, 0.2) is 24.4 Å². The number of carbonyl (C=O) groups excluding carboxylic acids is 3. The van der Waals surface area contributed by atoms with Crippen LogP contribution in [0.2, 0.25) is 0 Å². The van der Waals surface area contributed by atoms with E-state index in [1.165, 1.54) is 4.90 Å². The number of carbonyl (C=O) groups is 3. The summed E-state index contributed by atoms with van der Waals surface area (Å²) in [6, 6.07) is 4.78. The molecule has 1 saturated carbocycles. The predicted octanol–water partition coefficient (Wildman–Crippen LogP) is 3.08. The molecule has 30 heavy (non-hydrogen) atoms. The smallest absolute Gasteiger partial charge is 0.261 e. The predicted molar refractivity (Wildman–Crippen MR) is 110 cm³/mol. The number of fused-ring (bicyclic) bond motifs is 2. The van der Waals surface area contributed by atoms with E-state index in [4.69, 9.17) is 0 Å². The minimum atomic E-state index is -0.265.